The summed E-state index contributed by atoms with van der Waals surface area (Å²) in [4.78, 5) is 26.9. The summed E-state index contributed by atoms with van der Waals surface area (Å²) in [6.45, 7) is 4.77. The molecule has 1 N–H and O–H groups in total. The molecule has 1 heterocycles. The fourth-order valence-electron chi connectivity index (χ4n) is 2.91. The highest BCUT2D eigenvalue weighted by atomic mass is 35.5. The molecule has 1 aliphatic rings. The minimum absolute atomic E-state index is 0.0861. The van der Waals surface area contributed by atoms with Gasteiger partial charge in [-0.1, -0.05) is 29.3 Å². The maximum atomic E-state index is 12.2. The van der Waals surface area contributed by atoms with Crippen LogP contribution in [0.3, 0.4) is 0 Å². The van der Waals surface area contributed by atoms with E-state index in [4.69, 9.17) is 11.6 Å². The third kappa shape index (κ3) is 4.40. The lowest BCUT2D eigenvalue weighted by molar-refractivity contribution is -0.117. The maximum absolute atomic E-state index is 12.2. The van der Waals surface area contributed by atoms with Gasteiger partial charge in [-0.05, 0) is 50.1 Å². The Hall–Kier alpha value is -1.98. The molecule has 2 amide bonds. The van der Waals surface area contributed by atoms with Gasteiger partial charge in [0.05, 0.1) is 16.5 Å². The quantitative estimate of drug-likeness (QED) is 0.747. The number of carbonyl (C=O) groups is 2. The number of amides is 2. The average Bonchev–Trinajstić information content (AvgIpc) is 3.02. The second-order valence-corrected chi connectivity index (χ2v) is 7.85. The number of nitrogens with zero attached hydrogens (tertiary/aromatic N) is 1. The molecule has 6 heteroatoms. The highest BCUT2D eigenvalue weighted by Crippen LogP contribution is 2.32. The van der Waals surface area contributed by atoms with Gasteiger partial charge < -0.3 is 10.2 Å². The Morgan fingerprint density at radius 1 is 1.23 bits per heavy atom. The van der Waals surface area contributed by atoms with Gasteiger partial charge in [0, 0.05) is 23.5 Å². The van der Waals surface area contributed by atoms with Gasteiger partial charge in [0.25, 0.3) is 0 Å². The number of anilines is 2. The molecule has 0 aromatic heterocycles. The van der Waals surface area contributed by atoms with E-state index >= 15 is 0 Å². The molecule has 136 valence electrons. The van der Waals surface area contributed by atoms with Crippen molar-refractivity contribution in [2.75, 3.05) is 22.5 Å². The van der Waals surface area contributed by atoms with Crippen LogP contribution in [0.25, 0.3) is 0 Å². The summed E-state index contributed by atoms with van der Waals surface area (Å²) in [5, 5.41) is 3.34. The van der Waals surface area contributed by atoms with Crippen molar-refractivity contribution in [3.63, 3.8) is 0 Å². The first-order chi connectivity index (χ1) is 12.4. The van der Waals surface area contributed by atoms with Crippen molar-refractivity contribution in [1.29, 1.82) is 0 Å². The van der Waals surface area contributed by atoms with Gasteiger partial charge in [0.15, 0.2) is 0 Å². The van der Waals surface area contributed by atoms with Crippen molar-refractivity contribution in [1.82, 2.24) is 0 Å². The zero-order valence-corrected chi connectivity index (χ0v) is 16.4. The first-order valence-corrected chi connectivity index (χ1v) is 9.90. The molecule has 4 nitrogen and oxygen atoms in total. The van der Waals surface area contributed by atoms with E-state index in [1.807, 2.05) is 13.8 Å². The van der Waals surface area contributed by atoms with Crippen molar-refractivity contribution in [3.05, 3.63) is 52.5 Å². The van der Waals surface area contributed by atoms with Crippen LogP contribution in [0, 0.1) is 13.8 Å². The van der Waals surface area contributed by atoms with Crippen molar-refractivity contribution < 1.29 is 9.59 Å². The summed E-state index contributed by atoms with van der Waals surface area (Å²) >= 11 is 7.84. The second kappa shape index (κ2) is 8.14. The standard InChI is InChI=1S/C20H21ClN2O2S/c1-13-5-6-14(2)18(10-13)26-12-19(24)22-15-7-8-17(16(21)11-15)23-9-3-4-20(23)25/h5-8,10-11H,3-4,9,12H2,1-2H3,(H,22,24). The molecule has 2 aromatic rings. The van der Waals surface area contributed by atoms with Crippen LogP contribution in [0.2, 0.25) is 5.02 Å². The summed E-state index contributed by atoms with van der Waals surface area (Å²) in [6.07, 6.45) is 1.41. The molecule has 1 saturated heterocycles. The van der Waals surface area contributed by atoms with Gasteiger partial charge >= 0.3 is 0 Å². The molecule has 26 heavy (non-hydrogen) atoms. The van der Waals surface area contributed by atoms with Crippen molar-refractivity contribution in [3.8, 4) is 0 Å². The number of halogens is 1. The molecule has 0 atom stereocenters. The van der Waals surface area contributed by atoms with Gasteiger partial charge in [-0.3, -0.25) is 9.59 Å². The summed E-state index contributed by atoms with van der Waals surface area (Å²) < 4.78 is 0. The van der Waals surface area contributed by atoms with Crippen LogP contribution in [0.15, 0.2) is 41.3 Å². The lowest BCUT2D eigenvalue weighted by Crippen LogP contribution is -2.24. The largest absolute Gasteiger partial charge is 0.325 e. The second-order valence-electron chi connectivity index (χ2n) is 6.42. The summed E-state index contributed by atoms with van der Waals surface area (Å²) in [5.74, 6) is 0.333. The van der Waals surface area contributed by atoms with E-state index in [0.717, 1.165) is 16.9 Å². The number of carbonyl (C=O) groups excluding carboxylic acids is 2. The van der Waals surface area contributed by atoms with E-state index in [1.165, 1.54) is 17.3 Å². The third-order valence-electron chi connectivity index (χ3n) is 4.30. The molecule has 0 bridgehead atoms. The minimum Gasteiger partial charge on any atom is -0.325 e. The van der Waals surface area contributed by atoms with E-state index in [9.17, 15) is 9.59 Å². The Bertz CT molecular complexity index is 854. The van der Waals surface area contributed by atoms with E-state index in [1.54, 1.807) is 23.1 Å². The monoisotopic (exact) mass is 388 g/mol. The predicted molar refractivity (Wildman–Crippen MR) is 108 cm³/mol. The Labute approximate surface area is 162 Å². The van der Waals surface area contributed by atoms with Crippen LogP contribution in [0.4, 0.5) is 11.4 Å². The number of nitrogens with one attached hydrogen (secondary N) is 1. The molecule has 3 rings (SSSR count). The first-order valence-electron chi connectivity index (χ1n) is 8.54. The predicted octanol–water partition coefficient (Wildman–Crippen LogP) is 4.81. The summed E-state index contributed by atoms with van der Waals surface area (Å²) in [6, 6.07) is 11.5. The van der Waals surface area contributed by atoms with Crippen LogP contribution >= 0.6 is 23.4 Å². The van der Waals surface area contributed by atoms with Crippen molar-refractivity contribution in [2.45, 2.75) is 31.6 Å². The van der Waals surface area contributed by atoms with E-state index < -0.39 is 0 Å². The van der Waals surface area contributed by atoms with Crippen LogP contribution < -0.4 is 10.2 Å². The molecular formula is C20H21ClN2O2S. The number of hydrogen-bond donors (Lipinski definition) is 1. The first kappa shape index (κ1) is 18.8. The fraction of sp³-hybridized carbons (Fsp3) is 0.300. The summed E-state index contributed by atoms with van der Waals surface area (Å²) in [7, 11) is 0. The topological polar surface area (TPSA) is 49.4 Å². The smallest absolute Gasteiger partial charge is 0.234 e. The molecule has 1 aliphatic heterocycles. The molecule has 0 aliphatic carbocycles. The highest BCUT2D eigenvalue weighted by molar-refractivity contribution is 8.00. The van der Waals surface area contributed by atoms with Crippen molar-refractivity contribution in [2.24, 2.45) is 0 Å². The number of thioether (sulfide) groups is 1. The summed E-state index contributed by atoms with van der Waals surface area (Å²) in [5.41, 5.74) is 3.68. The normalized spacial score (nSPS) is 14.0. The molecule has 0 radical (unpaired) electrons. The SMILES string of the molecule is Cc1ccc(C)c(SCC(=O)Nc2ccc(N3CCCC3=O)c(Cl)c2)c1. The zero-order chi connectivity index (χ0) is 18.7. The number of benzene rings is 2. The Balaban J connectivity index is 1.61. The van der Waals surface area contributed by atoms with Gasteiger partial charge in [-0.25, -0.2) is 0 Å². The lowest BCUT2D eigenvalue weighted by atomic mass is 10.2. The van der Waals surface area contributed by atoms with Gasteiger partial charge in [-0.15, -0.1) is 11.8 Å². The van der Waals surface area contributed by atoms with Gasteiger partial charge in [0.1, 0.15) is 0 Å². The third-order valence-corrected chi connectivity index (χ3v) is 5.76. The minimum atomic E-state index is -0.0861. The Morgan fingerprint density at radius 3 is 2.73 bits per heavy atom. The van der Waals surface area contributed by atoms with E-state index in [2.05, 4.69) is 23.5 Å². The van der Waals surface area contributed by atoms with E-state index in [-0.39, 0.29) is 11.8 Å². The van der Waals surface area contributed by atoms with Crippen LogP contribution in [0.1, 0.15) is 24.0 Å². The lowest BCUT2D eigenvalue weighted by Gasteiger charge is -2.18. The Kier molecular flexibility index (Phi) is 5.89. The molecule has 1 fully saturated rings. The highest BCUT2D eigenvalue weighted by Gasteiger charge is 2.23. The van der Waals surface area contributed by atoms with Crippen LogP contribution in [-0.2, 0) is 9.59 Å². The zero-order valence-electron chi connectivity index (χ0n) is 14.8. The molecule has 0 saturated carbocycles. The van der Waals surface area contributed by atoms with Gasteiger partial charge in [0.2, 0.25) is 11.8 Å². The number of aryl methyl sites for hydroxylation is 2. The Morgan fingerprint density at radius 2 is 2.04 bits per heavy atom. The van der Waals surface area contributed by atoms with Crippen LogP contribution in [-0.4, -0.2) is 24.1 Å². The van der Waals surface area contributed by atoms with Gasteiger partial charge in [-0.2, -0.15) is 0 Å². The van der Waals surface area contributed by atoms with E-state index in [0.29, 0.717) is 35.1 Å². The molecular weight excluding hydrogens is 368 g/mol. The molecule has 0 spiro atoms. The number of rotatable bonds is 5. The molecule has 2 aromatic carbocycles. The number of hydrogen-bond acceptors (Lipinski definition) is 3. The van der Waals surface area contributed by atoms with Crippen LogP contribution in [0.5, 0.6) is 0 Å². The average molecular weight is 389 g/mol. The molecule has 0 unspecified atom stereocenters. The maximum Gasteiger partial charge on any atom is 0.234 e. The fourth-order valence-corrected chi connectivity index (χ4v) is 4.12. The van der Waals surface area contributed by atoms with Crippen molar-refractivity contribution >= 4 is 46.6 Å².